The van der Waals surface area contributed by atoms with Crippen LogP contribution in [0.25, 0.3) is 5.69 Å². The molecule has 4 rings (SSSR count). The van der Waals surface area contributed by atoms with E-state index < -0.39 is 6.10 Å². The lowest BCUT2D eigenvalue weighted by atomic mass is 9.87. The number of nitrogens with zero attached hydrogens (tertiary/aromatic N) is 4. The Labute approximate surface area is 163 Å². The first-order valence-corrected chi connectivity index (χ1v) is 9.49. The minimum absolute atomic E-state index is 0.0556. The molecular weight excluding hydrogens is 358 g/mol. The number of carbonyl (C=O) groups is 2. The van der Waals surface area contributed by atoms with E-state index in [9.17, 15) is 14.7 Å². The average molecular weight is 383 g/mol. The fourth-order valence-electron chi connectivity index (χ4n) is 3.83. The Balaban J connectivity index is 1.56. The number of nitrogens with one attached hydrogen (secondary N) is 1. The maximum Gasteiger partial charge on any atom is 0.256 e. The summed E-state index contributed by atoms with van der Waals surface area (Å²) in [6.07, 6.45) is 2.20. The van der Waals surface area contributed by atoms with Crippen LogP contribution in [0.5, 0.6) is 0 Å². The molecule has 2 amide bonds. The maximum atomic E-state index is 13.0. The number of hydrogen-bond acceptors (Lipinski definition) is 5. The van der Waals surface area contributed by atoms with Crippen LogP contribution >= 0.6 is 0 Å². The minimum Gasteiger partial charge on any atom is -0.386 e. The van der Waals surface area contributed by atoms with Gasteiger partial charge in [-0.25, -0.2) is 4.68 Å². The summed E-state index contributed by atoms with van der Waals surface area (Å²) in [5.74, 6) is -0.0455. The summed E-state index contributed by atoms with van der Waals surface area (Å²) in [7, 11) is 0. The van der Waals surface area contributed by atoms with Crippen LogP contribution in [-0.2, 0) is 4.79 Å². The van der Waals surface area contributed by atoms with Gasteiger partial charge in [-0.15, -0.1) is 5.10 Å². The van der Waals surface area contributed by atoms with Gasteiger partial charge in [-0.3, -0.25) is 9.59 Å². The van der Waals surface area contributed by atoms with E-state index in [1.54, 1.807) is 17.2 Å². The van der Waals surface area contributed by atoms with Crippen molar-refractivity contribution in [3.63, 3.8) is 0 Å². The number of hydrogen-bond donors (Lipinski definition) is 2. The van der Waals surface area contributed by atoms with E-state index in [1.165, 1.54) is 4.68 Å². The number of benzene rings is 1. The Bertz CT molecular complexity index is 924. The van der Waals surface area contributed by atoms with Crippen LogP contribution in [0.1, 0.15) is 55.8 Å². The van der Waals surface area contributed by atoms with Gasteiger partial charge in [0.1, 0.15) is 11.8 Å². The van der Waals surface area contributed by atoms with E-state index in [4.69, 9.17) is 0 Å². The first-order chi connectivity index (χ1) is 13.2. The summed E-state index contributed by atoms with van der Waals surface area (Å²) in [6.45, 7) is 6.83. The summed E-state index contributed by atoms with van der Waals surface area (Å²) in [5.41, 5.74) is 0.978. The molecule has 1 aromatic heterocycles. The molecule has 2 aliphatic heterocycles. The molecule has 2 fully saturated rings. The second-order valence-electron chi connectivity index (χ2n) is 8.86. The van der Waals surface area contributed by atoms with Crippen molar-refractivity contribution in [2.24, 2.45) is 5.41 Å². The monoisotopic (exact) mass is 383 g/mol. The van der Waals surface area contributed by atoms with Crippen LogP contribution in [0, 0.1) is 5.41 Å². The van der Waals surface area contributed by atoms with E-state index in [-0.39, 0.29) is 22.8 Å². The van der Waals surface area contributed by atoms with E-state index in [0.717, 1.165) is 6.42 Å². The quantitative estimate of drug-likeness (QED) is 0.836. The third kappa shape index (κ3) is 3.17. The Hall–Kier alpha value is -2.74. The largest absolute Gasteiger partial charge is 0.386 e. The predicted octanol–water partition coefficient (Wildman–Crippen LogP) is 1.45. The molecule has 1 unspecified atom stereocenters. The van der Waals surface area contributed by atoms with Gasteiger partial charge in [-0.2, -0.15) is 0 Å². The molecule has 28 heavy (non-hydrogen) atoms. The highest BCUT2D eigenvalue weighted by atomic mass is 16.3. The number of para-hydroxylation sites is 1. The third-order valence-corrected chi connectivity index (χ3v) is 5.50. The van der Waals surface area contributed by atoms with Crippen LogP contribution in [0.4, 0.5) is 0 Å². The molecule has 148 valence electrons. The van der Waals surface area contributed by atoms with Gasteiger partial charge < -0.3 is 15.3 Å². The summed E-state index contributed by atoms with van der Waals surface area (Å²) in [4.78, 5) is 26.3. The molecule has 2 aliphatic rings. The Kier molecular flexibility index (Phi) is 4.26. The zero-order valence-electron chi connectivity index (χ0n) is 16.3. The van der Waals surface area contributed by atoms with Crippen molar-refractivity contribution < 1.29 is 14.7 Å². The van der Waals surface area contributed by atoms with Gasteiger partial charge in [0.2, 0.25) is 5.91 Å². The summed E-state index contributed by atoms with van der Waals surface area (Å²) in [5, 5.41) is 21.7. The van der Waals surface area contributed by atoms with E-state index in [0.29, 0.717) is 36.5 Å². The molecule has 1 atom stereocenters. The first kappa shape index (κ1) is 18.6. The second kappa shape index (κ2) is 6.41. The van der Waals surface area contributed by atoms with Crippen molar-refractivity contribution in [2.45, 2.75) is 45.3 Å². The number of amides is 2. The molecule has 8 nitrogen and oxygen atoms in total. The number of carbonyl (C=O) groups excluding carboxylic acids is 2. The van der Waals surface area contributed by atoms with Crippen LogP contribution in [0.15, 0.2) is 30.5 Å². The van der Waals surface area contributed by atoms with Crippen LogP contribution in [0.2, 0.25) is 0 Å². The summed E-state index contributed by atoms with van der Waals surface area (Å²) in [6, 6.07) is 7.22. The second-order valence-corrected chi connectivity index (χ2v) is 8.86. The van der Waals surface area contributed by atoms with Crippen molar-refractivity contribution in [1.29, 1.82) is 0 Å². The molecule has 3 heterocycles. The Morgan fingerprint density at radius 2 is 2.00 bits per heavy atom. The smallest absolute Gasteiger partial charge is 0.256 e. The number of aromatic nitrogens is 3. The van der Waals surface area contributed by atoms with Crippen LogP contribution < -0.4 is 5.32 Å². The first-order valence-electron chi connectivity index (χ1n) is 9.49. The fraction of sp³-hybridized carbons (Fsp3) is 0.500. The van der Waals surface area contributed by atoms with E-state index in [2.05, 4.69) is 15.6 Å². The molecule has 1 aromatic carbocycles. The molecule has 0 bridgehead atoms. The van der Waals surface area contributed by atoms with Gasteiger partial charge in [0.05, 0.1) is 23.0 Å². The lowest BCUT2D eigenvalue weighted by Gasteiger charge is -2.47. The average Bonchev–Trinajstić information content (AvgIpc) is 3.25. The molecule has 2 N–H and O–H groups in total. The summed E-state index contributed by atoms with van der Waals surface area (Å²) < 4.78 is 1.53. The van der Waals surface area contributed by atoms with E-state index in [1.807, 2.05) is 39.0 Å². The highest BCUT2D eigenvalue weighted by molar-refractivity contribution is 5.98. The van der Waals surface area contributed by atoms with Gasteiger partial charge >= 0.3 is 0 Å². The van der Waals surface area contributed by atoms with Crippen molar-refractivity contribution in [3.05, 3.63) is 41.7 Å². The molecule has 8 heteroatoms. The van der Waals surface area contributed by atoms with Crippen molar-refractivity contribution >= 4 is 11.8 Å². The SMILES string of the molecule is CC(C)(C)C(O)c1cn(-c2ccccc2C(=O)N2CC3(CCC(=O)N3)C2)nn1. The molecule has 2 saturated heterocycles. The standard InChI is InChI=1S/C20H25N5O3/c1-19(2,3)17(27)14-10-25(23-22-14)15-7-5-4-6-13(15)18(28)24-11-20(12-24)9-8-16(26)21-20/h4-7,10,17,27H,8-9,11-12H2,1-3H3,(H,21,26). The topological polar surface area (TPSA) is 100 Å². The molecule has 1 spiro atoms. The van der Waals surface area contributed by atoms with Crippen molar-refractivity contribution in [1.82, 2.24) is 25.2 Å². The highest BCUT2D eigenvalue weighted by Gasteiger charge is 2.49. The number of aliphatic hydroxyl groups is 1. The lowest BCUT2D eigenvalue weighted by Crippen LogP contribution is -2.68. The van der Waals surface area contributed by atoms with Gasteiger partial charge in [-0.1, -0.05) is 38.1 Å². The molecule has 0 saturated carbocycles. The molecule has 2 aromatic rings. The highest BCUT2D eigenvalue weighted by Crippen LogP contribution is 2.33. The van der Waals surface area contributed by atoms with E-state index >= 15 is 0 Å². The Morgan fingerprint density at radius 1 is 1.29 bits per heavy atom. The van der Waals surface area contributed by atoms with Gasteiger partial charge in [0, 0.05) is 19.5 Å². The number of likely N-dealkylation sites (tertiary alicyclic amines) is 1. The van der Waals surface area contributed by atoms with Crippen LogP contribution in [0.3, 0.4) is 0 Å². The third-order valence-electron chi connectivity index (χ3n) is 5.50. The minimum atomic E-state index is -0.759. The maximum absolute atomic E-state index is 13.0. The lowest BCUT2D eigenvalue weighted by molar-refractivity contribution is -0.120. The molecule has 0 radical (unpaired) electrons. The fourth-order valence-corrected chi connectivity index (χ4v) is 3.83. The Morgan fingerprint density at radius 3 is 2.64 bits per heavy atom. The van der Waals surface area contributed by atoms with Gasteiger partial charge in [-0.05, 0) is 24.0 Å². The number of aliphatic hydroxyl groups excluding tert-OH is 1. The molecular formula is C20H25N5O3. The number of rotatable bonds is 3. The van der Waals surface area contributed by atoms with Gasteiger partial charge in [0.25, 0.3) is 5.91 Å². The van der Waals surface area contributed by atoms with Crippen molar-refractivity contribution in [2.75, 3.05) is 13.1 Å². The zero-order valence-corrected chi connectivity index (χ0v) is 16.3. The van der Waals surface area contributed by atoms with Crippen LogP contribution in [-0.4, -0.2) is 55.4 Å². The van der Waals surface area contributed by atoms with Gasteiger partial charge in [0.15, 0.2) is 0 Å². The van der Waals surface area contributed by atoms with Crippen molar-refractivity contribution in [3.8, 4) is 5.69 Å². The predicted molar refractivity (Wildman–Crippen MR) is 102 cm³/mol. The zero-order chi connectivity index (χ0) is 20.1. The normalized spacial score (nSPS) is 19.4. The molecule has 0 aliphatic carbocycles. The summed E-state index contributed by atoms with van der Waals surface area (Å²) >= 11 is 0.